The highest BCUT2D eigenvalue weighted by molar-refractivity contribution is 6.45. The van der Waals surface area contributed by atoms with Gasteiger partial charge in [-0.05, 0) is 28.6 Å². The number of aromatic nitrogens is 9. The number of piperazine rings is 1. The van der Waals surface area contributed by atoms with Crippen LogP contribution in [0.15, 0.2) is 49.1 Å². The number of ether oxygens (including phenoxy) is 1. The minimum Gasteiger partial charge on any atom is -0.494 e. The summed E-state index contributed by atoms with van der Waals surface area (Å²) < 4.78 is 9.44. The fourth-order valence-corrected chi connectivity index (χ4v) is 5.18. The topological polar surface area (TPSA) is 217 Å². The molecule has 0 saturated carbocycles. The Kier molecular flexibility index (Phi) is 7.59. The van der Waals surface area contributed by atoms with Crippen LogP contribution in [-0.2, 0) is 27.5 Å². The van der Waals surface area contributed by atoms with E-state index in [0.29, 0.717) is 24.9 Å². The van der Waals surface area contributed by atoms with Crippen molar-refractivity contribution in [2.24, 2.45) is 0 Å². The van der Waals surface area contributed by atoms with Crippen molar-refractivity contribution in [1.82, 2.24) is 49.4 Å². The monoisotopic (exact) mass is 615 g/mol. The minimum absolute atomic E-state index is 0.0664. The standard InChI is InChI=1S/C27H25N11O7/c1-45-18-12-29-23(17-5-7-37(31-17)15-21(41)42)24-22(18)16(13-36(24)14-20(39)40)25(43)26(44)34-8-10-35(11-9-34)27-30-32-33-38(27)19-4-2-3-6-28-19/h2-7,12-13H,8-11,14-15H2,1H3,(H,39,40)(H,41,42). The number of methoxy groups -OCH3 is 1. The third kappa shape index (κ3) is 5.51. The fourth-order valence-electron chi connectivity index (χ4n) is 5.18. The molecule has 1 aliphatic rings. The predicted molar refractivity (Wildman–Crippen MR) is 153 cm³/mol. The van der Waals surface area contributed by atoms with Crippen molar-refractivity contribution in [2.75, 3.05) is 38.2 Å². The van der Waals surface area contributed by atoms with E-state index in [2.05, 4.69) is 30.6 Å². The predicted octanol–water partition coefficient (Wildman–Crippen LogP) is -0.0202. The molecule has 2 N–H and O–H groups in total. The van der Waals surface area contributed by atoms with Crippen LogP contribution in [0.4, 0.5) is 5.95 Å². The highest BCUT2D eigenvalue weighted by Crippen LogP contribution is 2.36. The van der Waals surface area contributed by atoms with Gasteiger partial charge in [0.05, 0.1) is 29.8 Å². The van der Waals surface area contributed by atoms with Crippen molar-refractivity contribution in [2.45, 2.75) is 13.1 Å². The molecule has 45 heavy (non-hydrogen) atoms. The smallest absolute Gasteiger partial charge is 0.325 e. The molecule has 0 bridgehead atoms. The van der Waals surface area contributed by atoms with Crippen molar-refractivity contribution < 1.29 is 34.1 Å². The van der Waals surface area contributed by atoms with Crippen molar-refractivity contribution >= 4 is 40.5 Å². The molecule has 5 aromatic rings. The highest BCUT2D eigenvalue weighted by Gasteiger charge is 2.33. The van der Waals surface area contributed by atoms with Crippen molar-refractivity contribution in [3.05, 3.63) is 54.6 Å². The number of hydrogen-bond acceptors (Lipinski definition) is 12. The van der Waals surface area contributed by atoms with E-state index >= 15 is 0 Å². The number of pyridine rings is 2. The first kappa shape index (κ1) is 28.9. The van der Waals surface area contributed by atoms with Gasteiger partial charge in [0.15, 0.2) is 5.82 Å². The molecule has 0 spiro atoms. The number of carbonyl (C=O) groups excluding carboxylic acids is 2. The molecule has 0 aliphatic carbocycles. The molecule has 0 radical (unpaired) electrons. The van der Waals surface area contributed by atoms with Gasteiger partial charge in [-0.25, -0.2) is 9.97 Å². The first-order chi connectivity index (χ1) is 21.7. The Morgan fingerprint density at radius 2 is 1.76 bits per heavy atom. The van der Waals surface area contributed by atoms with Crippen LogP contribution in [0.25, 0.3) is 28.1 Å². The lowest BCUT2D eigenvalue weighted by atomic mass is 10.1. The molecule has 230 valence electrons. The van der Waals surface area contributed by atoms with Crippen molar-refractivity contribution in [1.29, 1.82) is 0 Å². The Bertz CT molecular complexity index is 1920. The molecule has 18 heteroatoms. The van der Waals surface area contributed by atoms with Crippen LogP contribution in [0.2, 0.25) is 0 Å². The Morgan fingerprint density at radius 3 is 2.44 bits per heavy atom. The largest absolute Gasteiger partial charge is 0.494 e. The van der Waals surface area contributed by atoms with E-state index in [1.807, 2.05) is 11.0 Å². The Hall–Kier alpha value is -6.20. The van der Waals surface area contributed by atoms with Gasteiger partial charge < -0.3 is 29.3 Å². The first-order valence-corrected chi connectivity index (χ1v) is 13.6. The van der Waals surface area contributed by atoms with E-state index in [1.165, 1.54) is 50.6 Å². The Labute approximate surface area is 253 Å². The van der Waals surface area contributed by atoms with E-state index in [9.17, 15) is 24.3 Å². The summed E-state index contributed by atoms with van der Waals surface area (Å²) in [5.74, 6) is -2.83. The number of hydrogen-bond donors (Lipinski definition) is 2. The molecule has 1 amide bonds. The number of amides is 1. The maximum absolute atomic E-state index is 13.8. The SMILES string of the molecule is COc1cnc(-c2ccn(CC(=O)O)n2)c2c1c(C(=O)C(=O)N1CCN(c3nnnn3-c3ccccn3)CC1)cn2CC(=O)O. The maximum Gasteiger partial charge on any atom is 0.325 e. The van der Waals surface area contributed by atoms with Gasteiger partial charge in [0, 0.05) is 44.8 Å². The molecule has 5 aromatic heterocycles. The second-order valence-electron chi connectivity index (χ2n) is 9.94. The number of nitrogens with zero attached hydrogens (tertiary/aromatic N) is 11. The van der Waals surface area contributed by atoms with E-state index in [0.717, 1.165) is 0 Å². The van der Waals surface area contributed by atoms with Crippen LogP contribution in [0, 0.1) is 0 Å². The summed E-state index contributed by atoms with van der Waals surface area (Å²) in [4.78, 5) is 62.3. The van der Waals surface area contributed by atoms with Crippen LogP contribution < -0.4 is 9.64 Å². The number of carbonyl (C=O) groups is 4. The van der Waals surface area contributed by atoms with Gasteiger partial charge in [0.2, 0.25) is 0 Å². The van der Waals surface area contributed by atoms with Crippen molar-refractivity contribution in [3.8, 4) is 23.0 Å². The average molecular weight is 616 g/mol. The Morgan fingerprint density at radius 1 is 0.978 bits per heavy atom. The lowest BCUT2D eigenvalue weighted by Gasteiger charge is -2.34. The summed E-state index contributed by atoms with van der Waals surface area (Å²) in [7, 11) is 1.36. The van der Waals surface area contributed by atoms with Gasteiger partial charge in [-0.3, -0.25) is 23.9 Å². The number of ketones is 1. The summed E-state index contributed by atoms with van der Waals surface area (Å²) in [6.45, 7) is 0.0990. The second kappa shape index (κ2) is 11.8. The van der Waals surface area contributed by atoms with Gasteiger partial charge in [0.25, 0.3) is 17.6 Å². The molecule has 6 rings (SSSR count). The summed E-state index contributed by atoms with van der Waals surface area (Å²) in [5, 5.41) is 35.1. The van der Waals surface area contributed by atoms with Gasteiger partial charge in [-0.1, -0.05) is 11.2 Å². The van der Waals surface area contributed by atoms with Crippen LogP contribution in [0.3, 0.4) is 0 Å². The zero-order chi connectivity index (χ0) is 31.7. The van der Waals surface area contributed by atoms with Crippen molar-refractivity contribution in [3.63, 3.8) is 0 Å². The maximum atomic E-state index is 13.8. The normalized spacial score (nSPS) is 13.3. The van der Waals surface area contributed by atoms with E-state index in [1.54, 1.807) is 18.3 Å². The van der Waals surface area contributed by atoms with Gasteiger partial charge in [-0.2, -0.15) is 9.78 Å². The Balaban J connectivity index is 1.30. The third-order valence-corrected chi connectivity index (χ3v) is 7.17. The molecule has 0 unspecified atom stereocenters. The quantitative estimate of drug-likeness (QED) is 0.156. The lowest BCUT2D eigenvalue weighted by molar-refractivity contribution is -0.138. The number of Topliss-reactive ketones (excluding diaryl/α,β-unsaturated/α-hetero) is 1. The number of aliphatic carboxylic acids is 2. The summed E-state index contributed by atoms with van der Waals surface area (Å²) >= 11 is 0. The van der Waals surface area contributed by atoms with E-state index in [-0.39, 0.29) is 46.7 Å². The average Bonchev–Trinajstić information content (AvgIpc) is 3.80. The number of anilines is 1. The molecule has 1 fully saturated rings. The molecule has 0 atom stereocenters. The molecular weight excluding hydrogens is 590 g/mol. The third-order valence-electron chi connectivity index (χ3n) is 7.17. The molecule has 0 aromatic carbocycles. The van der Waals surface area contributed by atoms with Crippen LogP contribution in [0.5, 0.6) is 5.75 Å². The molecule has 6 heterocycles. The number of carboxylic acid groups (broad SMARTS) is 2. The lowest BCUT2D eigenvalue weighted by Crippen LogP contribution is -2.51. The van der Waals surface area contributed by atoms with Crippen LogP contribution >= 0.6 is 0 Å². The second-order valence-corrected chi connectivity index (χ2v) is 9.94. The van der Waals surface area contributed by atoms with Gasteiger partial charge in [-0.15, -0.1) is 0 Å². The summed E-state index contributed by atoms with van der Waals surface area (Å²) in [6, 6.07) is 6.86. The van der Waals surface area contributed by atoms with E-state index < -0.39 is 36.7 Å². The van der Waals surface area contributed by atoms with Gasteiger partial charge >= 0.3 is 11.9 Å². The summed E-state index contributed by atoms with van der Waals surface area (Å²) in [5.41, 5.74) is 0.549. The van der Waals surface area contributed by atoms with Crippen LogP contribution in [0.1, 0.15) is 10.4 Å². The molecule has 18 nitrogen and oxygen atoms in total. The molecular formula is C27H25N11O7. The zero-order valence-electron chi connectivity index (χ0n) is 23.7. The first-order valence-electron chi connectivity index (χ1n) is 13.6. The molecule has 1 saturated heterocycles. The molecule has 1 aliphatic heterocycles. The van der Waals surface area contributed by atoms with E-state index in [4.69, 9.17) is 9.84 Å². The number of fused-ring (bicyclic) bond motifs is 1. The fraction of sp³-hybridized carbons (Fsp3) is 0.259. The minimum atomic E-state index is -1.20. The number of rotatable bonds is 10. The number of carboxylic acids is 2. The van der Waals surface area contributed by atoms with Gasteiger partial charge in [0.1, 0.15) is 30.2 Å². The summed E-state index contributed by atoms with van der Waals surface area (Å²) in [6.07, 6.45) is 5.69. The number of tetrazole rings is 1. The highest BCUT2D eigenvalue weighted by atomic mass is 16.5. The van der Waals surface area contributed by atoms with Crippen LogP contribution in [-0.4, -0.2) is 117 Å². The zero-order valence-corrected chi connectivity index (χ0v) is 23.7.